The molecule has 3 aromatic rings. The number of hydrogen-bond donors (Lipinski definition) is 2. The lowest BCUT2D eigenvalue weighted by Gasteiger charge is -2.08. The van der Waals surface area contributed by atoms with Gasteiger partial charge in [0, 0.05) is 12.7 Å². The number of carbonyl (C=O) groups is 2. The standard InChI is InChI=1S/C23H26N4O3S/c1-15-10-11-18(12-16(15)2)24-20(28)13-31-14-21(29)25-22-17(3)26(4)27(23(22)30)19-8-6-5-7-9-19/h5-12H,13-14H2,1-4H3,(H,24,28)(H,25,29). The Morgan fingerprint density at radius 3 is 2.19 bits per heavy atom. The fraction of sp³-hybridized carbons (Fsp3) is 0.261. The van der Waals surface area contributed by atoms with Crippen LogP contribution >= 0.6 is 11.8 Å². The smallest absolute Gasteiger partial charge is 0.295 e. The predicted molar refractivity (Wildman–Crippen MR) is 126 cm³/mol. The number of aryl methyl sites for hydroxylation is 2. The molecule has 0 unspecified atom stereocenters. The number of thioether (sulfide) groups is 1. The highest BCUT2D eigenvalue weighted by atomic mass is 32.2. The summed E-state index contributed by atoms with van der Waals surface area (Å²) < 4.78 is 3.21. The minimum absolute atomic E-state index is 0.0689. The van der Waals surface area contributed by atoms with Gasteiger partial charge in [-0.2, -0.15) is 0 Å². The van der Waals surface area contributed by atoms with Crippen molar-refractivity contribution in [1.82, 2.24) is 9.36 Å². The fourth-order valence-electron chi connectivity index (χ4n) is 3.14. The van der Waals surface area contributed by atoms with E-state index in [1.807, 2.05) is 62.4 Å². The highest BCUT2D eigenvalue weighted by Crippen LogP contribution is 2.16. The average molecular weight is 439 g/mol. The van der Waals surface area contributed by atoms with Gasteiger partial charge in [0.15, 0.2) is 0 Å². The summed E-state index contributed by atoms with van der Waals surface area (Å²) in [7, 11) is 1.77. The van der Waals surface area contributed by atoms with Crippen LogP contribution in [0, 0.1) is 20.8 Å². The van der Waals surface area contributed by atoms with Gasteiger partial charge in [0.2, 0.25) is 11.8 Å². The second kappa shape index (κ2) is 9.70. The van der Waals surface area contributed by atoms with Crippen LogP contribution in [0.3, 0.4) is 0 Å². The van der Waals surface area contributed by atoms with Crippen LogP contribution in [0.25, 0.3) is 5.69 Å². The number of aromatic nitrogens is 2. The van der Waals surface area contributed by atoms with Crippen molar-refractivity contribution in [3.05, 3.63) is 75.7 Å². The van der Waals surface area contributed by atoms with Crippen LogP contribution < -0.4 is 16.2 Å². The number of hydrogen-bond acceptors (Lipinski definition) is 4. The molecule has 0 aliphatic carbocycles. The maximum Gasteiger partial charge on any atom is 0.295 e. The first-order valence-corrected chi connectivity index (χ1v) is 11.0. The molecule has 0 saturated carbocycles. The summed E-state index contributed by atoms with van der Waals surface area (Å²) in [5, 5.41) is 5.53. The normalized spacial score (nSPS) is 10.7. The summed E-state index contributed by atoms with van der Waals surface area (Å²) >= 11 is 1.19. The van der Waals surface area contributed by atoms with Crippen molar-refractivity contribution in [2.24, 2.45) is 7.05 Å². The zero-order valence-electron chi connectivity index (χ0n) is 18.1. The van der Waals surface area contributed by atoms with E-state index in [0.29, 0.717) is 5.69 Å². The molecule has 1 aromatic heterocycles. The third-order valence-electron chi connectivity index (χ3n) is 5.08. The predicted octanol–water partition coefficient (Wildman–Crippen LogP) is 3.41. The lowest BCUT2D eigenvalue weighted by atomic mass is 10.1. The van der Waals surface area contributed by atoms with E-state index in [9.17, 15) is 14.4 Å². The van der Waals surface area contributed by atoms with Gasteiger partial charge >= 0.3 is 0 Å². The van der Waals surface area contributed by atoms with E-state index in [1.54, 1.807) is 18.7 Å². The molecular weight excluding hydrogens is 412 g/mol. The van der Waals surface area contributed by atoms with Crippen molar-refractivity contribution in [2.75, 3.05) is 22.1 Å². The first kappa shape index (κ1) is 22.4. The molecule has 162 valence electrons. The monoisotopic (exact) mass is 438 g/mol. The Kier molecular flexibility index (Phi) is 7.02. The number of rotatable bonds is 7. The minimum Gasteiger partial charge on any atom is -0.325 e. The van der Waals surface area contributed by atoms with Crippen LogP contribution in [0.1, 0.15) is 16.8 Å². The van der Waals surface area contributed by atoms with Crippen molar-refractivity contribution >= 4 is 35.0 Å². The molecule has 0 saturated heterocycles. The van der Waals surface area contributed by atoms with Crippen molar-refractivity contribution < 1.29 is 9.59 Å². The lowest BCUT2D eigenvalue weighted by Crippen LogP contribution is -2.24. The van der Waals surface area contributed by atoms with E-state index in [4.69, 9.17) is 0 Å². The van der Waals surface area contributed by atoms with Crippen LogP contribution in [-0.4, -0.2) is 32.7 Å². The zero-order valence-corrected chi connectivity index (χ0v) is 18.9. The molecule has 1 heterocycles. The Balaban J connectivity index is 1.57. The lowest BCUT2D eigenvalue weighted by molar-refractivity contribution is -0.114. The van der Waals surface area contributed by atoms with E-state index in [0.717, 1.165) is 22.5 Å². The Bertz CT molecular complexity index is 1170. The number of benzene rings is 2. The third-order valence-corrected chi connectivity index (χ3v) is 6.01. The summed E-state index contributed by atoms with van der Waals surface area (Å²) in [6, 6.07) is 15.0. The van der Waals surface area contributed by atoms with Crippen LogP contribution in [0.2, 0.25) is 0 Å². The molecule has 3 rings (SSSR count). The Morgan fingerprint density at radius 2 is 1.55 bits per heavy atom. The molecule has 0 aliphatic heterocycles. The van der Waals surface area contributed by atoms with E-state index in [1.165, 1.54) is 16.4 Å². The largest absolute Gasteiger partial charge is 0.325 e. The van der Waals surface area contributed by atoms with E-state index in [2.05, 4.69) is 10.6 Å². The second-order valence-electron chi connectivity index (χ2n) is 7.32. The maximum atomic E-state index is 12.8. The Labute approximate surface area is 185 Å². The van der Waals surface area contributed by atoms with Crippen LogP contribution in [0.15, 0.2) is 53.3 Å². The van der Waals surface area contributed by atoms with Gasteiger partial charge in [-0.1, -0.05) is 24.3 Å². The van der Waals surface area contributed by atoms with Crippen LogP contribution in [0.5, 0.6) is 0 Å². The summed E-state index contributed by atoms with van der Waals surface area (Å²) in [6.07, 6.45) is 0. The molecule has 0 fully saturated rings. The highest BCUT2D eigenvalue weighted by molar-refractivity contribution is 8.00. The minimum atomic E-state index is -0.324. The van der Waals surface area contributed by atoms with Gasteiger partial charge in [0.25, 0.3) is 5.56 Å². The quantitative estimate of drug-likeness (QED) is 0.592. The van der Waals surface area contributed by atoms with Gasteiger partial charge in [0.1, 0.15) is 5.69 Å². The van der Waals surface area contributed by atoms with E-state index >= 15 is 0 Å². The number of carbonyl (C=O) groups excluding carboxylic acids is 2. The first-order valence-electron chi connectivity index (χ1n) is 9.86. The molecule has 0 radical (unpaired) electrons. The SMILES string of the molecule is Cc1ccc(NC(=O)CSCC(=O)Nc2c(C)n(C)n(-c3ccccc3)c2=O)cc1C. The van der Waals surface area contributed by atoms with Gasteiger partial charge < -0.3 is 10.6 Å². The summed E-state index contributed by atoms with van der Waals surface area (Å²) in [5.74, 6) is -0.291. The number of amides is 2. The average Bonchev–Trinajstić information content (AvgIpc) is 2.94. The molecule has 7 nitrogen and oxygen atoms in total. The summed E-state index contributed by atoms with van der Waals surface area (Å²) in [5.41, 5.74) is 4.32. The third kappa shape index (κ3) is 5.27. The first-order chi connectivity index (χ1) is 14.8. The van der Waals surface area contributed by atoms with Gasteiger partial charge in [-0.05, 0) is 56.2 Å². The van der Waals surface area contributed by atoms with Crippen molar-refractivity contribution in [2.45, 2.75) is 20.8 Å². The van der Waals surface area contributed by atoms with Gasteiger partial charge in [-0.3, -0.25) is 19.1 Å². The number of anilines is 2. The molecule has 2 amide bonds. The molecule has 0 atom stereocenters. The molecule has 8 heteroatoms. The molecule has 0 spiro atoms. The summed E-state index contributed by atoms with van der Waals surface area (Å²) in [6.45, 7) is 5.78. The molecule has 2 N–H and O–H groups in total. The number of para-hydroxylation sites is 1. The number of nitrogens with one attached hydrogen (secondary N) is 2. The maximum absolute atomic E-state index is 12.8. The van der Waals surface area contributed by atoms with Crippen molar-refractivity contribution in [3.8, 4) is 5.69 Å². The Morgan fingerprint density at radius 1 is 0.903 bits per heavy atom. The molecule has 2 aromatic carbocycles. The van der Waals surface area contributed by atoms with Gasteiger partial charge in [-0.15, -0.1) is 11.8 Å². The second-order valence-corrected chi connectivity index (χ2v) is 8.31. The highest BCUT2D eigenvalue weighted by Gasteiger charge is 2.18. The molecule has 0 aliphatic rings. The van der Waals surface area contributed by atoms with E-state index < -0.39 is 0 Å². The summed E-state index contributed by atoms with van der Waals surface area (Å²) in [4.78, 5) is 37.4. The van der Waals surface area contributed by atoms with Crippen molar-refractivity contribution in [1.29, 1.82) is 0 Å². The molecular formula is C23H26N4O3S. The van der Waals surface area contributed by atoms with Gasteiger partial charge in [0.05, 0.1) is 22.9 Å². The van der Waals surface area contributed by atoms with Gasteiger partial charge in [-0.25, -0.2) is 4.68 Å². The van der Waals surface area contributed by atoms with E-state index in [-0.39, 0.29) is 34.6 Å². The Hall–Kier alpha value is -3.26. The molecule has 31 heavy (non-hydrogen) atoms. The number of nitrogens with zero attached hydrogens (tertiary/aromatic N) is 2. The van der Waals surface area contributed by atoms with Crippen LogP contribution in [-0.2, 0) is 16.6 Å². The van der Waals surface area contributed by atoms with Crippen molar-refractivity contribution in [3.63, 3.8) is 0 Å². The fourth-order valence-corrected chi connectivity index (χ4v) is 3.76. The topological polar surface area (TPSA) is 85.1 Å². The van der Waals surface area contributed by atoms with Crippen LogP contribution in [0.4, 0.5) is 11.4 Å². The zero-order chi connectivity index (χ0) is 22.5. The molecule has 0 bridgehead atoms.